The molecule has 0 saturated carbocycles. The summed E-state index contributed by atoms with van der Waals surface area (Å²) in [4.78, 5) is 8.39. The van der Waals surface area contributed by atoms with E-state index in [-0.39, 0.29) is 29.7 Å². The number of nitrogens with one attached hydrogen (secondary N) is 2. The third-order valence-corrected chi connectivity index (χ3v) is 5.35. The van der Waals surface area contributed by atoms with Crippen molar-refractivity contribution in [1.29, 1.82) is 0 Å². The van der Waals surface area contributed by atoms with Crippen LogP contribution in [-0.2, 0) is 16.6 Å². The van der Waals surface area contributed by atoms with Gasteiger partial charge in [0.15, 0.2) is 5.96 Å². The number of aryl methyl sites for hydroxylation is 2. The van der Waals surface area contributed by atoms with Crippen molar-refractivity contribution in [3.8, 4) is 0 Å². The molecule has 0 aliphatic carbocycles. The minimum absolute atomic E-state index is 0. The van der Waals surface area contributed by atoms with Crippen LogP contribution in [0.3, 0.4) is 0 Å². The zero-order valence-electron chi connectivity index (χ0n) is 14.9. The second-order valence-corrected chi connectivity index (χ2v) is 7.54. The molecule has 0 fully saturated rings. The molecule has 24 heavy (non-hydrogen) atoms. The first-order valence-corrected chi connectivity index (χ1v) is 9.22. The van der Waals surface area contributed by atoms with E-state index in [4.69, 9.17) is 4.42 Å². The summed E-state index contributed by atoms with van der Waals surface area (Å²) in [7, 11) is 0.159. The number of rotatable bonds is 8. The van der Waals surface area contributed by atoms with Gasteiger partial charge in [-0.2, -0.15) is 0 Å². The quantitative estimate of drug-likeness (QED) is 0.255. The molecule has 0 amide bonds. The molecular weight excluding hydrogens is 445 g/mol. The fraction of sp³-hybridized carbons (Fsp3) is 0.714. The SMILES string of the molecule is CCS(=O)(=O)N(C)CCCNC(=NC)NCc1nc(C)c(C)o1.I. The van der Waals surface area contributed by atoms with Crippen molar-refractivity contribution in [3.63, 3.8) is 0 Å². The molecule has 1 aromatic rings. The summed E-state index contributed by atoms with van der Waals surface area (Å²) in [6.45, 7) is 6.95. The van der Waals surface area contributed by atoms with Gasteiger partial charge in [-0.1, -0.05) is 0 Å². The molecule has 0 spiro atoms. The van der Waals surface area contributed by atoms with E-state index in [9.17, 15) is 8.42 Å². The Balaban J connectivity index is 0.00000529. The van der Waals surface area contributed by atoms with Crippen LogP contribution in [0.5, 0.6) is 0 Å². The first-order chi connectivity index (χ1) is 10.8. The van der Waals surface area contributed by atoms with Gasteiger partial charge in [-0.3, -0.25) is 4.99 Å². The number of nitrogens with zero attached hydrogens (tertiary/aromatic N) is 3. The lowest BCUT2D eigenvalue weighted by atomic mass is 10.4. The van der Waals surface area contributed by atoms with E-state index in [0.717, 1.165) is 11.5 Å². The largest absolute Gasteiger partial charge is 0.444 e. The van der Waals surface area contributed by atoms with Crippen LogP contribution in [-0.4, -0.2) is 56.6 Å². The Hall–Kier alpha value is -0.880. The predicted molar refractivity (Wildman–Crippen MR) is 106 cm³/mol. The monoisotopic (exact) mass is 473 g/mol. The number of hydrogen-bond donors (Lipinski definition) is 2. The fourth-order valence-electron chi connectivity index (χ4n) is 1.86. The molecule has 1 rings (SSSR count). The van der Waals surface area contributed by atoms with Crippen molar-refractivity contribution < 1.29 is 12.8 Å². The van der Waals surface area contributed by atoms with E-state index in [1.807, 2.05) is 13.8 Å². The van der Waals surface area contributed by atoms with E-state index < -0.39 is 10.0 Å². The summed E-state index contributed by atoms with van der Waals surface area (Å²) in [5.41, 5.74) is 0.880. The molecule has 0 atom stereocenters. The summed E-state index contributed by atoms with van der Waals surface area (Å²) in [5, 5.41) is 6.24. The average Bonchev–Trinajstić information content (AvgIpc) is 2.84. The molecule has 0 radical (unpaired) electrons. The topological polar surface area (TPSA) is 99.8 Å². The van der Waals surface area contributed by atoms with Crippen molar-refractivity contribution in [1.82, 2.24) is 19.9 Å². The Morgan fingerprint density at radius 1 is 1.33 bits per heavy atom. The van der Waals surface area contributed by atoms with Crippen LogP contribution >= 0.6 is 24.0 Å². The molecule has 0 aromatic carbocycles. The van der Waals surface area contributed by atoms with Crippen molar-refractivity contribution in [3.05, 3.63) is 17.3 Å². The van der Waals surface area contributed by atoms with Crippen molar-refractivity contribution in [2.24, 2.45) is 4.99 Å². The molecule has 0 aliphatic heterocycles. The Bertz CT molecular complexity index is 611. The highest BCUT2D eigenvalue weighted by Gasteiger charge is 2.14. The van der Waals surface area contributed by atoms with Crippen LogP contribution in [0.15, 0.2) is 9.41 Å². The van der Waals surface area contributed by atoms with Crippen LogP contribution < -0.4 is 10.6 Å². The van der Waals surface area contributed by atoms with E-state index in [0.29, 0.717) is 37.9 Å². The predicted octanol–water partition coefficient (Wildman–Crippen LogP) is 1.25. The molecule has 0 saturated heterocycles. The summed E-state index contributed by atoms with van der Waals surface area (Å²) >= 11 is 0. The molecule has 2 N–H and O–H groups in total. The lowest BCUT2D eigenvalue weighted by molar-refractivity contribution is 0.457. The van der Waals surface area contributed by atoms with Gasteiger partial charge in [0.05, 0.1) is 18.0 Å². The molecular formula is C14H28IN5O3S. The molecule has 1 heterocycles. The number of hydrogen-bond acceptors (Lipinski definition) is 5. The van der Waals surface area contributed by atoms with Crippen molar-refractivity contribution in [2.75, 3.05) is 32.9 Å². The van der Waals surface area contributed by atoms with Crippen molar-refractivity contribution >= 4 is 40.0 Å². The van der Waals surface area contributed by atoms with Gasteiger partial charge >= 0.3 is 0 Å². The van der Waals surface area contributed by atoms with E-state index >= 15 is 0 Å². The number of sulfonamides is 1. The fourth-order valence-corrected chi connectivity index (χ4v) is 2.71. The second-order valence-electron chi connectivity index (χ2n) is 5.18. The minimum Gasteiger partial charge on any atom is -0.444 e. The molecule has 0 aliphatic rings. The minimum atomic E-state index is -3.11. The summed E-state index contributed by atoms with van der Waals surface area (Å²) in [6.07, 6.45) is 0.688. The summed E-state index contributed by atoms with van der Waals surface area (Å²) in [5.74, 6) is 2.16. The standard InChI is InChI=1S/C14H27N5O3S.HI/c1-6-23(20,21)19(5)9-7-8-16-14(15-4)17-10-13-18-11(2)12(3)22-13;/h6-10H2,1-5H3,(H2,15,16,17);1H. The Morgan fingerprint density at radius 2 is 2.00 bits per heavy atom. The number of aromatic nitrogens is 1. The van der Waals surface area contributed by atoms with Gasteiger partial charge in [0, 0.05) is 27.2 Å². The molecule has 0 bridgehead atoms. The van der Waals surface area contributed by atoms with Gasteiger partial charge in [-0.05, 0) is 27.2 Å². The smallest absolute Gasteiger partial charge is 0.214 e. The molecule has 0 unspecified atom stereocenters. The highest BCUT2D eigenvalue weighted by Crippen LogP contribution is 2.07. The average molecular weight is 473 g/mol. The third kappa shape index (κ3) is 7.34. The first kappa shape index (κ1) is 23.1. The number of aliphatic imine (C=N–C) groups is 1. The molecule has 8 nitrogen and oxygen atoms in total. The normalized spacial score (nSPS) is 12.2. The van der Waals surface area contributed by atoms with Gasteiger partial charge in [-0.15, -0.1) is 24.0 Å². The van der Waals surface area contributed by atoms with Crippen LogP contribution in [0, 0.1) is 13.8 Å². The van der Waals surface area contributed by atoms with Crippen LogP contribution in [0.1, 0.15) is 30.7 Å². The third-order valence-electron chi connectivity index (χ3n) is 3.49. The zero-order valence-corrected chi connectivity index (χ0v) is 18.1. The Kier molecular flexibility index (Phi) is 10.5. The van der Waals surface area contributed by atoms with Gasteiger partial charge in [0.1, 0.15) is 5.76 Å². The maximum atomic E-state index is 11.6. The maximum absolute atomic E-state index is 11.6. The van der Waals surface area contributed by atoms with Crippen LogP contribution in [0.25, 0.3) is 0 Å². The van der Waals surface area contributed by atoms with E-state index in [1.165, 1.54) is 4.31 Å². The van der Waals surface area contributed by atoms with E-state index in [1.54, 1.807) is 21.0 Å². The highest BCUT2D eigenvalue weighted by molar-refractivity contribution is 14.0. The maximum Gasteiger partial charge on any atom is 0.214 e. The molecule has 10 heteroatoms. The summed E-state index contributed by atoms with van der Waals surface area (Å²) in [6, 6.07) is 0. The van der Waals surface area contributed by atoms with Gasteiger partial charge in [0.2, 0.25) is 15.9 Å². The van der Waals surface area contributed by atoms with Gasteiger partial charge in [-0.25, -0.2) is 17.7 Å². The van der Waals surface area contributed by atoms with Crippen molar-refractivity contribution in [2.45, 2.75) is 33.7 Å². The zero-order chi connectivity index (χ0) is 17.5. The lowest BCUT2D eigenvalue weighted by Crippen LogP contribution is -2.38. The lowest BCUT2D eigenvalue weighted by Gasteiger charge is -2.16. The Labute approximate surface area is 161 Å². The van der Waals surface area contributed by atoms with Crippen LogP contribution in [0.2, 0.25) is 0 Å². The van der Waals surface area contributed by atoms with Crippen LogP contribution in [0.4, 0.5) is 0 Å². The van der Waals surface area contributed by atoms with E-state index in [2.05, 4.69) is 20.6 Å². The summed E-state index contributed by atoms with van der Waals surface area (Å²) < 4.78 is 30.1. The number of halogens is 1. The second kappa shape index (κ2) is 10.9. The highest BCUT2D eigenvalue weighted by atomic mass is 127. The molecule has 140 valence electrons. The molecule has 1 aromatic heterocycles. The number of oxazole rings is 1. The number of guanidine groups is 1. The van der Waals surface area contributed by atoms with Gasteiger partial charge < -0.3 is 15.1 Å². The first-order valence-electron chi connectivity index (χ1n) is 7.61. The van der Waals surface area contributed by atoms with Gasteiger partial charge in [0.25, 0.3) is 0 Å². The Morgan fingerprint density at radius 3 is 2.50 bits per heavy atom.